The molecule has 5 nitrogen and oxygen atoms in total. The molecule has 1 aromatic carbocycles. The molecule has 2 aromatic rings. The number of benzene rings is 1. The zero-order chi connectivity index (χ0) is 14.9. The van der Waals surface area contributed by atoms with Gasteiger partial charge in [0.25, 0.3) is 0 Å². The van der Waals surface area contributed by atoms with Crippen LogP contribution in [0.2, 0.25) is 0 Å². The summed E-state index contributed by atoms with van der Waals surface area (Å²) in [6, 6.07) is 2.37. The van der Waals surface area contributed by atoms with Crippen molar-refractivity contribution in [2.45, 2.75) is 13.8 Å². The Balaban J connectivity index is 2.53. The zero-order valence-electron chi connectivity index (χ0n) is 10.9. The number of anilines is 1. The molecule has 0 atom stereocenters. The van der Waals surface area contributed by atoms with Gasteiger partial charge in [-0.1, -0.05) is 6.07 Å². The second-order valence-electron chi connectivity index (χ2n) is 4.01. The van der Waals surface area contributed by atoms with Crippen LogP contribution in [0.3, 0.4) is 0 Å². The van der Waals surface area contributed by atoms with Crippen LogP contribution in [0, 0.1) is 18.6 Å². The summed E-state index contributed by atoms with van der Waals surface area (Å²) in [7, 11) is 0. The van der Waals surface area contributed by atoms with Gasteiger partial charge in [-0.15, -0.1) is 0 Å². The summed E-state index contributed by atoms with van der Waals surface area (Å²) in [5.74, 6) is -3.23. The minimum Gasteiger partial charge on any atom is -0.461 e. The van der Waals surface area contributed by atoms with E-state index in [1.54, 1.807) is 6.92 Å². The first-order chi connectivity index (χ1) is 9.45. The second-order valence-corrected chi connectivity index (χ2v) is 4.01. The summed E-state index contributed by atoms with van der Waals surface area (Å²) in [4.78, 5) is 15.2. The molecule has 0 aliphatic rings. The van der Waals surface area contributed by atoms with E-state index < -0.39 is 29.1 Å². The Labute approximate surface area is 113 Å². The van der Waals surface area contributed by atoms with Crippen LogP contribution in [0.15, 0.2) is 16.5 Å². The molecule has 0 radical (unpaired) electrons. The first-order valence-electron chi connectivity index (χ1n) is 5.84. The predicted molar refractivity (Wildman–Crippen MR) is 67.0 cm³/mol. The number of nitrogen functional groups attached to an aromatic ring is 1. The molecule has 0 saturated carbocycles. The number of halogens is 2. The molecule has 7 heteroatoms. The molecule has 106 valence electrons. The van der Waals surface area contributed by atoms with E-state index in [9.17, 15) is 13.6 Å². The molecule has 0 saturated heterocycles. The van der Waals surface area contributed by atoms with E-state index >= 15 is 0 Å². The molecule has 1 heterocycles. The maximum atomic E-state index is 13.9. The molecule has 0 bridgehead atoms. The lowest BCUT2D eigenvalue weighted by Gasteiger charge is -2.02. The first-order valence-corrected chi connectivity index (χ1v) is 5.84. The van der Waals surface area contributed by atoms with Gasteiger partial charge in [0, 0.05) is 0 Å². The number of carbonyl (C=O) groups is 1. The van der Waals surface area contributed by atoms with Gasteiger partial charge in [-0.2, -0.15) is 4.98 Å². The Hall–Kier alpha value is -2.44. The maximum Gasteiger partial charge on any atom is 0.362 e. The summed E-state index contributed by atoms with van der Waals surface area (Å²) < 4.78 is 37.3. The minimum atomic E-state index is -0.857. The lowest BCUT2D eigenvalue weighted by Crippen LogP contribution is -2.07. The van der Waals surface area contributed by atoms with Gasteiger partial charge in [-0.05, 0) is 25.5 Å². The van der Waals surface area contributed by atoms with E-state index in [0.717, 1.165) is 6.07 Å². The number of ether oxygens (including phenoxy) is 1. The van der Waals surface area contributed by atoms with Crippen LogP contribution >= 0.6 is 0 Å². The average Bonchev–Trinajstić information content (AvgIpc) is 2.77. The summed E-state index contributed by atoms with van der Waals surface area (Å²) >= 11 is 0. The van der Waals surface area contributed by atoms with E-state index in [2.05, 4.69) is 4.98 Å². The van der Waals surface area contributed by atoms with Crippen molar-refractivity contribution in [2.75, 3.05) is 12.3 Å². The lowest BCUT2D eigenvalue weighted by atomic mass is 10.1. The van der Waals surface area contributed by atoms with Crippen molar-refractivity contribution in [1.82, 2.24) is 4.98 Å². The monoisotopic (exact) mass is 282 g/mol. The maximum absolute atomic E-state index is 13.9. The summed E-state index contributed by atoms with van der Waals surface area (Å²) in [5.41, 5.74) is 4.92. The molecular formula is C13H12F2N2O3. The summed E-state index contributed by atoms with van der Waals surface area (Å²) in [6.07, 6.45) is 0. The van der Waals surface area contributed by atoms with Crippen molar-refractivity contribution in [3.8, 4) is 11.5 Å². The number of aryl methyl sites for hydroxylation is 1. The van der Waals surface area contributed by atoms with Crippen molar-refractivity contribution >= 4 is 11.9 Å². The van der Waals surface area contributed by atoms with Gasteiger partial charge in [-0.25, -0.2) is 13.6 Å². The zero-order valence-corrected chi connectivity index (χ0v) is 10.9. The van der Waals surface area contributed by atoms with Crippen LogP contribution in [0.4, 0.5) is 14.7 Å². The van der Waals surface area contributed by atoms with Gasteiger partial charge in [0.15, 0.2) is 0 Å². The fourth-order valence-corrected chi connectivity index (χ4v) is 1.64. The SMILES string of the molecule is CCOC(=O)c1nc(-c2c(F)ccc(C)c2F)oc1N. The van der Waals surface area contributed by atoms with Gasteiger partial charge >= 0.3 is 5.97 Å². The number of aromatic nitrogens is 1. The van der Waals surface area contributed by atoms with E-state index in [1.165, 1.54) is 13.0 Å². The fourth-order valence-electron chi connectivity index (χ4n) is 1.64. The quantitative estimate of drug-likeness (QED) is 0.876. The van der Waals surface area contributed by atoms with Crippen LogP contribution in [0.1, 0.15) is 23.0 Å². The Bertz CT molecular complexity index is 668. The highest BCUT2D eigenvalue weighted by Gasteiger charge is 2.24. The van der Waals surface area contributed by atoms with Crippen LogP contribution in [-0.2, 0) is 4.74 Å². The van der Waals surface area contributed by atoms with Gasteiger partial charge in [0.2, 0.25) is 17.5 Å². The van der Waals surface area contributed by atoms with E-state index in [1.807, 2.05) is 0 Å². The van der Waals surface area contributed by atoms with Crippen LogP contribution in [-0.4, -0.2) is 17.6 Å². The van der Waals surface area contributed by atoms with E-state index in [-0.39, 0.29) is 23.7 Å². The highest BCUT2D eigenvalue weighted by atomic mass is 19.1. The molecule has 0 spiro atoms. The molecule has 0 aliphatic carbocycles. The molecule has 2 rings (SSSR count). The van der Waals surface area contributed by atoms with Crippen LogP contribution < -0.4 is 5.73 Å². The first kappa shape index (κ1) is 14.0. The minimum absolute atomic E-state index is 0.119. The highest BCUT2D eigenvalue weighted by molar-refractivity contribution is 5.92. The molecule has 0 aliphatic heterocycles. The molecule has 0 fully saturated rings. The lowest BCUT2D eigenvalue weighted by molar-refractivity contribution is 0.0521. The van der Waals surface area contributed by atoms with Crippen LogP contribution in [0.25, 0.3) is 11.5 Å². The third-order valence-electron chi connectivity index (χ3n) is 2.62. The fraction of sp³-hybridized carbons (Fsp3) is 0.231. The van der Waals surface area contributed by atoms with Crippen molar-refractivity contribution in [3.05, 3.63) is 35.0 Å². The van der Waals surface area contributed by atoms with E-state index in [0.29, 0.717) is 0 Å². The van der Waals surface area contributed by atoms with Gasteiger partial charge in [-0.3, -0.25) is 0 Å². The second kappa shape index (κ2) is 5.28. The van der Waals surface area contributed by atoms with Crippen molar-refractivity contribution in [2.24, 2.45) is 0 Å². The molecule has 20 heavy (non-hydrogen) atoms. The van der Waals surface area contributed by atoms with E-state index in [4.69, 9.17) is 14.9 Å². The largest absolute Gasteiger partial charge is 0.461 e. The number of rotatable bonds is 3. The summed E-state index contributed by atoms with van der Waals surface area (Å²) in [6.45, 7) is 3.19. The third kappa shape index (κ3) is 2.34. The van der Waals surface area contributed by atoms with Crippen molar-refractivity contribution in [1.29, 1.82) is 0 Å². The van der Waals surface area contributed by atoms with Gasteiger partial charge in [0.1, 0.15) is 17.2 Å². The molecule has 1 aromatic heterocycles. The molecular weight excluding hydrogens is 270 g/mol. The van der Waals surface area contributed by atoms with Crippen LogP contribution in [0.5, 0.6) is 0 Å². The molecule has 2 N–H and O–H groups in total. The topological polar surface area (TPSA) is 78.3 Å². The number of hydrogen-bond acceptors (Lipinski definition) is 5. The summed E-state index contributed by atoms with van der Waals surface area (Å²) in [5, 5.41) is 0. The van der Waals surface area contributed by atoms with Crippen molar-refractivity contribution < 1.29 is 22.7 Å². The number of esters is 1. The Morgan fingerprint density at radius 3 is 2.80 bits per heavy atom. The molecule has 0 unspecified atom stereocenters. The smallest absolute Gasteiger partial charge is 0.362 e. The number of nitrogens with two attached hydrogens (primary N) is 1. The third-order valence-corrected chi connectivity index (χ3v) is 2.62. The van der Waals surface area contributed by atoms with Crippen molar-refractivity contribution in [3.63, 3.8) is 0 Å². The average molecular weight is 282 g/mol. The number of nitrogens with zero attached hydrogens (tertiary/aromatic N) is 1. The number of oxazole rings is 1. The van der Waals surface area contributed by atoms with Gasteiger partial charge < -0.3 is 14.9 Å². The predicted octanol–water partition coefficient (Wildman–Crippen LogP) is 2.69. The molecule has 0 amide bonds. The Morgan fingerprint density at radius 2 is 2.15 bits per heavy atom. The Morgan fingerprint density at radius 1 is 1.45 bits per heavy atom. The number of hydrogen-bond donors (Lipinski definition) is 1. The highest BCUT2D eigenvalue weighted by Crippen LogP contribution is 2.30. The number of carbonyl (C=O) groups excluding carboxylic acids is 1. The normalized spacial score (nSPS) is 10.6. The Kier molecular flexibility index (Phi) is 3.69. The standard InChI is InChI=1S/C13H12F2N2O3/c1-3-19-13(18)10-11(16)20-12(17-10)8-7(14)5-4-6(2)9(8)15/h4-5H,3,16H2,1-2H3. The van der Waals surface area contributed by atoms with Gasteiger partial charge in [0.05, 0.1) is 6.61 Å².